The highest BCUT2D eigenvalue weighted by atomic mass is 16.5. The molecule has 1 heterocycles. The highest BCUT2D eigenvalue weighted by Gasteiger charge is 2.17. The van der Waals surface area contributed by atoms with Crippen LogP contribution in [0.4, 0.5) is 5.69 Å². The number of anilines is 1. The molecule has 1 fully saturated rings. The molecule has 0 aliphatic carbocycles. The van der Waals surface area contributed by atoms with Gasteiger partial charge in [0.05, 0.1) is 33.0 Å². The first-order chi connectivity index (χ1) is 11.7. The van der Waals surface area contributed by atoms with Crippen LogP contribution in [-0.4, -0.2) is 46.3 Å². The van der Waals surface area contributed by atoms with Crippen LogP contribution in [0.25, 0.3) is 0 Å². The molecule has 0 N–H and O–H groups in total. The van der Waals surface area contributed by atoms with Crippen LogP contribution in [0.3, 0.4) is 0 Å². The van der Waals surface area contributed by atoms with Gasteiger partial charge in [0.15, 0.2) is 5.78 Å². The van der Waals surface area contributed by atoms with Crippen molar-refractivity contribution >= 4 is 11.5 Å². The van der Waals surface area contributed by atoms with Gasteiger partial charge in [-0.25, -0.2) is 0 Å². The van der Waals surface area contributed by atoms with Gasteiger partial charge in [0, 0.05) is 24.3 Å². The molecule has 0 amide bonds. The van der Waals surface area contributed by atoms with E-state index in [1.54, 1.807) is 32.4 Å². The maximum absolute atomic E-state index is 12.8. The number of hydrogen-bond acceptors (Lipinski definition) is 5. The third-order valence-corrected chi connectivity index (χ3v) is 4.16. The lowest BCUT2D eigenvalue weighted by Crippen LogP contribution is -2.36. The predicted octanol–water partition coefficient (Wildman–Crippen LogP) is 2.77. The number of rotatable bonds is 5. The van der Waals surface area contributed by atoms with Gasteiger partial charge >= 0.3 is 0 Å². The molecule has 126 valence electrons. The number of ketones is 1. The Labute approximate surface area is 141 Å². The fourth-order valence-corrected chi connectivity index (χ4v) is 2.79. The van der Waals surface area contributed by atoms with Crippen molar-refractivity contribution in [1.29, 1.82) is 0 Å². The van der Waals surface area contributed by atoms with Gasteiger partial charge in [-0.15, -0.1) is 0 Å². The number of ether oxygens (including phenoxy) is 3. The summed E-state index contributed by atoms with van der Waals surface area (Å²) in [5.41, 5.74) is 2.22. The SMILES string of the molecule is COc1ccc(OC)c(C(=O)c2ccc(N3CCOCC3)cc2)c1. The number of carbonyl (C=O) groups excluding carboxylic acids is 1. The summed E-state index contributed by atoms with van der Waals surface area (Å²) < 4.78 is 15.9. The Bertz CT molecular complexity index is 706. The van der Waals surface area contributed by atoms with E-state index in [1.165, 1.54) is 0 Å². The van der Waals surface area contributed by atoms with E-state index in [1.807, 2.05) is 24.3 Å². The highest BCUT2D eigenvalue weighted by Crippen LogP contribution is 2.27. The van der Waals surface area contributed by atoms with Gasteiger partial charge in [-0.3, -0.25) is 4.79 Å². The number of carbonyl (C=O) groups is 1. The van der Waals surface area contributed by atoms with Crippen LogP contribution in [0.5, 0.6) is 11.5 Å². The molecule has 0 unspecified atom stereocenters. The van der Waals surface area contributed by atoms with Crippen molar-refractivity contribution in [2.45, 2.75) is 0 Å². The Morgan fingerprint density at radius 1 is 1.00 bits per heavy atom. The van der Waals surface area contributed by atoms with E-state index < -0.39 is 0 Å². The summed E-state index contributed by atoms with van der Waals surface area (Å²) in [4.78, 5) is 15.1. The molecule has 2 aromatic rings. The third-order valence-electron chi connectivity index (χ3n) is 4.16. The summed E-state index contributed by atoms with van der Waals surface area (Å²) in [6, 6.07) is 12.9. The van der Waals surface area contributed by atoms with Crippen molar-refractivity contribution in [3.63, 3.8) is 0 Å². The fourth-order valence-electron chi connectivity index (χ4n) is 2.79. The van der Waals surface area contributed by atoms with E-state index in [4.69, 9.17) is 14.2 Å². The van der Waals surface area contributed by atoms with Crippen molar-refractivity contribution in [2.24, 2.45) is 0 Å². The molecule has 1 aliphatic heterocycles. The van der Waals surface area contributed by atoms with Gasteiger partial charge in [-0.1, -0.05) is 0 Å². The molecule has 0 bridgehead atoms. The van der Waals surface area contributed by atoms with E-state index in [0.29, 0.717) is 22.6 Å². The normalized spacial score (nSPS) is 14.3. The minimum Gasteiger partial charge on any atom is -0.497 e. The minimum absolute atomic E-state index is 0.0840. The lowest BCUT2D eigenvalue weighted by molar-refractivity contribution is 0.103. The Morgan fingerprint density at radius 2 is 1.71 bits per heavy atom. The topological polar surface area (TPSA) is 48.0 Å². The van der Waals surface area contributed by atoms with Crippen LogP contribution < -0.4 is 14.4 Å². The zero-order chi connectivity index (χ0) is 16.9. The van der Waals surface area contributed by atoms with E-state index >= 15 is 0 Å². The maximum atomic E-state index is 12.8. The maximum Gasteiger partial charge on any atom is 0.196 e. The molecule has 24 heavy (non-hydrogen) atoms. The second-order valence-electron chi connectivity index (χ2n) is 5.54. The lowest BCUT2D eigenvalue weighted by atomic mass is 10.0. The minimum atomic E-state index is -0.0840. The molecular weight excluding hydrogens is 306 g/mol. The van der Waals surface area contributed by atoms with Crippen molar-refractivity contribution in [3.05, 3.63) is 53.6 Å². The summed E-state index contributed by atoms with van der Waals surface area (Å²) in [5, 5.41) is 0. The van der Waals surface area contributed by atoms with Crippen LogP contribution in [-0.2, 0) is 4.74 Å². The first-order valence-electron chi connectivity index (χ1n) is 7.92. The third kappa shape index (κ3) is 3.36. The van der Waals surface area contributed by atoms with Crippen molar-refractivity contribution in [1.82, 2.24) is 0 Å². The molecular formula is C19H21NO4. The summed E-state index contributed by atoms with van der Waals surface area (Å²) in [6.07, 6.45) is 0. The quantitative estimate of drug-likeness (QED) is 0.790. The second kappa shape index (κ2) is 7.36. The average molecular weight is 327 g/mol. The van der Waals surface area contributed by atoms with Crippen LogP contribution >= 0.6 is 0 Å². The Hall–Kier alpha value is -2.53. The first-order valence-corrected chi connectivity index (χ1v) is 7.92. The van der Waals surface area contributed by atoms with Crippen molar-refractivity contribution in [3.8, 4) is 11.5 Å². The largest absolute Gasteiger partial charge is 0.497 e. The molecule has 5 nitrogen and oxygen atoms in total. The molecule has 0 atom stereocenters. The molecule has 5 heteroatoms. The molecule has 3 rings (SSSR count). The molecule has 0 spiro atoms. The van der Waals surface area contributed by atoms with Crippen LogP contribution in [0.2, 0.25) is 0 Å². The first kappa shape index (κ1) is 16.3. The smallest absolute Gasteiger partial charge is 0.196 e. The second-order valence-corrected chi connectivity index (χ2v) is 5.54. The zero-order valence-corrected chi connectivity index (χ0v) is 14.0. The molecule has 0 radical (unpaired) electrons. The summed E-state index contributed by atoms with van der Waals surface area (Å²) in [7, 11) is 3.13. The summed E-state index contributed by atoms with van der Waals surface area (Å²) in [5.74, 6) is 1.08. The van der Waals surface area contributed by atoms with Gasteiger partial charge in [-0.05, 0) is 42.5 Å². The predicted molar refractivity (Wildman–Crippen MR) is 92.5 cm³/mol. The molecule has 1 saturated heterocycles. The van der Waals surface area contributed by atoms with E-state index in [9.17, 15) is 4.79 Å². The number of nitrogens with zero attached hydrogens (tertiary/aromatic N) is 1. The molecule has 0 saturated carbocycles. The van der Waals surface area contributed by atoms with E-state index in [0.717, 1.165) is 32.0 Å². The van der Waals surface area contributed by atoms with Crippen LogP contribution in [0, 0.1) is 0 Å². The summed E-state index contributed by atoms with van der Waals surface area (Å²) in [6.45, 7) is 3.22. The van der Waals surface area contributed by atoms with Crippen molar-refractivity contribution in [2.75, 3.05) is 45.4 Å². The Kier molecular flexibility index (Phi) is 5.01. The summed E-state index contributed by atoms with van der Waals surface area (Å²) >= 11 is 0. The zero-order valence-electron chi connectivity index (χ0n) is 14.0. The number of morpholine rings is 1. The standard InChI is InChI=1S/C19H21NO4/c1-22-16-7-8-18(23-2)17(13-16)19(21)14-3-5-15(6-4-14)20-9-11-24-12-10-20/h3-8,13H,9-12H2,1-2H3. The average Bonchev–Trinajstić information content (AvgIpc) is 2.67. The Morgan fingerprint density at radius 3 is 2.33 bits per heavy atom. The number of benzene rings is 2. The van der Waals surface area contributed by atoms with Gasteiger partial charge in [0.1, 0.15) is 11.5 Å². The van der Waals surface area contributed by atoms with Crippen LogP contribution in [0.1, 0.15) is 15.9 Å². The van der Waals surface area contributed by atoms with E-state index in [2.05, 4.69) is 4.90 Å². The van der Waals surface area contributed by atoms with Gasteiger partial charge in [0.2, 0.25) is 0 Å². The highest BCUT2D eigenvalue weighted by molar-refractivity contribution is 6.11. The molecule has 1 aliphatic rings. The monoisotopic (exact) mass is 327 g/mol. The lowest BCUT2D eigenvalue weighted by Gasteiger charge is -2.28. The van der Waals surface area contributed by atoms with E-state index in [-0.39, 0.29) is 5.78 Å². The molecule has 2 aromatic carbocycles. The number of methoxy groups -OCH3 is 2. The molecule has 0 aromatic heterocycles. The van der Waals surface area contributed by atoms with Gasteiger partial charge in [-0.2, -0.15) is 0 Å². The number of hydrogen-bond donors (Lipinski definition) is 0. The fraction of sp³-hybridized carbons (Fsp3) is 0.316. The van der Waals surface area contributed by atoms with Gasteiger partial charge in [0.25, 0.3) is 0 Å². The Balaban J connectivity index is 1.84. The van der Waals surface area contributed by atoms with Crippen molar-refractivity contribution < 1.29 is 19.0 Å². The van der Waals surface area contributed by atoms with Crippen LogP contribution in [0.15, 0.2) is 42.5 Å². The van der Waals surface area contributed by atoms with Gasteiger partial charge < -0.3 is 19.1 Å².